The van der Waals surface area contributed by atoms with Gasteiger partial charge in [-0.25, -0.2) is 0 Å². The van der Waals surface area contributed by atoms with Gasteiger partial charge in [0.15, 0.2) is 0 Å². The molecular weight excluding hydrogens is 242 g/mol. The van der Waals surface area contributed by atoms with Gasteiger partial charge in [0.25, 0.3) is 5.91 Å². The fraction of sp³-hybridized carbons (Fsp3) is 0.533. The van der Waals surface area contributed by atoms with Crippen LogP contribution in [0.3, 0.4) is 0 Å². The van der Waals surface area contributed by atoms with Crippen molar-refractivity contribution in [2.45, 2.75) is 31.7 Å². The number of aliphatic hydroxyl groups excluding tert-OH is 1. The maximum Gasteiger partial charge on any atom is 0.255 e. The molecule has 19 heavy (non-hydrogen) atoms. The Labute approximate surface area is 113 Å². The summed E-state index contributed by atoms with van der Waals surface area (Å²) in [7, 11) is 1.57. The predicted molar refractivity (Wildman–Crippen MR) is 73.3 cm³/mol. The number of amides is 1. The van der Waals surface area contributed by atoms with E-state index in [2.05, 4.69) is 5.32 Å². The van der Waals surface area contributed by atoms with Gasteiger partial charge in [-0.3, -0.25) is 4.79 Å². The Kier molecular flexibility index (Phi) is 4.80. The molecule has 1 amide bonds. The second-order valence-corrected chi connectivity index (χ2v) is 5.07. The summed E-state index contributed by atoms with van der Waals surface area (Å²) < 4.78 is 5.20. The lowest BCUT2D eigenvalue weighted by atomic mass is 9.86. The summed E-state index contributed by atoms with van der Waals surface area (Å²) in [5.74, 6) is 0.924. The van der Waals surface area contributed by atoms with Crippen molar-refractivity contribution in [3.63, 3.8) is 0 Å². The largest absolute Gasteiger partial charge is 0.496 e. The van der Waals surface area contributed by atoms with E-state index in [1.807, 2.05) is 12.1 Å². The number of nitrogens with one attached hydrogen (secondary N) is 1. The fourth-order valence-corrected chi connectivity index (χ4v) is 2.58. The maximum absolute atomic E-state index is 12.2. The van der Waals surface area contributed by atoms with E-state index in [1.165, 1.54) is 0 Å². The maximum atomic E-state index is 12.2. The van der Waals surface area contributed by atoms with Crippen molar-refractivity contribution in [3.8, 4) is 5.75 Å². The van der Waals surface area contributed by atoms with E-state index in [4.69, 9.17) is 9.84 Å². The van der Waals surface area contributed by atoms with Crippen molar-refractivity contribution in [2.75, 3.05) is 13.7 Å². The Morgan fingerprint density at radius 3 is 2.63 bits per heavy atom. The van der Waals surface area contributed by atoms with Gasteiger partial charge in [-0.05, 0) is 43.7 Å². The highest BCUT2D eigenvalue weighted by atomic mass is 16.5. The lowest BCUT2D eigenvalue weighted by Crippen LogP contribution is -2.38. The summed E-state index contributed by atoms with van der Waals surface area (Å²) in [6, 6.07) is 7.45. The average molecular weight is 263 g/mol. The lowest BCUT2D eigenvalue weighted by molar-refractivity contribution is 0.0911. The Morgan fingerprint density at radius 1 is 1.32 bits per heavy atom. The fourth-order valence-electron chi connectivity index (χ4n) is 2.58. The van der Waals surface area contributed by atoms with Gasteiger partial charge in [-0.2, -0.15) is 0 Å². The molecule has 0 spiro atoms. The zero-order valence-electron chi connectivity index (χ0n) is 11.3. The van der Waals surface area contributed by atoms with Crippen LogP contribution in [0.5, 0.6) is 5.75 Å². The first kappa shape index (κ1) is 13.9. The topological polar surface area (TPSA) is 58.6 Å². The summed E-state index contributed by atoms with van der Waals surface area (Å²) in [6.45, 7) is 0.257. The first-order valence-corrected chi connectivity index (χ1v) is 6.79. The molecule has 2 rings (SSSR count). The molecule has 0 saturated heterocycles. The molecule has 0 radical (unpaired) electrons. The third kappa shape index (κ3) is 3.47. The molecule has 1 aliphatic rings. The van der Waals surface area contributed by atoms with E-state index in [-0.39, 0.29) is 18.6 Å². The van der Waals surface area contributed by atoms with Crippen LogP contribution in [0.25, 0.3) is 0 Å². The van der Waals surface area contributed by atoms with Gasteiger partial charge in [0.05, 0.1) is 12.7 Å². The van der Waals surface area contributed by atoms with Crippen molar-refractivity contribution in [1.29, 1.82) is 0 Å². The van der Waals surface area contributed by atoms with Crippen molar-refractivity contribution >= 4 is 5.91 Å². The Balaban J connectivity index is 1.94. The minimum atomic E-state index is -0.0788. The highest BCUT2D eigenvalue weighted by Gasteiger charge is 2.23. The van der Waals surface area contributed by atoms with E-state index >= 15 is 0 Å². The van der Waals surface area contributed by atoms with Gasteiger partial charge in [0.1, 0.15) is 5.75 Å². The molecule has 0 aliphatic heterocycles. The highest BCUT2D eigenvalue weighted by molar-refractivity contribution is 5.97. The molecule has 0 atom stereocenters. The van der Waals surface area contributed by atoms with Crippen LogP contribution < -0.4 is 10.1 Å². The molecule has 1 aliphatic carbocycles. The van der Waals surface area contributed by atoms with Crippen molar-refractivity contribution in [1.82, 2.24) is 5.32 Å². The molecule has 0 unspecified atom stereocenters. The minimum Gasteiger partial charge on any atom is -0.496 e. The van der Waals surface area contributed by atoms with E-state index in [9.17, 15) is 4.79 Å². The van der Waals surface area contributed by atoms with Crippen molar-refractivity contribution in [2.24, 2.45) is 5.92 Å². The first-order valence-electron chi connectivity index (χ1n) is 6.79. The quantitative estimate of drug-likeness (QED) is 0.873. The van der Waals surface area contributed by atoms with Gasteiger partial charge >= 0.3 is 0 Å². The summed E-state index contributed by atoms with van der Waals surface area (Å²) in [5, 5.41) is 12.2. The predicted octanol–water partition coefficient (Wildman–Crippen LogP) is 1.98. The minimum absolute atomic E-state index is 0.0788. The monoisotopic (exact) mass is 263 g/mol. The number of aliphatic hydroxyl groups is 1. The zero-order valence-corrected chi connectivity index (χ0v) is 11.3. The third-order valence-electron chi connectivity index (χ3n) is 3.79. The Morgan fingerprint density at radius 2 is 2.00 bits per heavy atom. The van der Waals surface area contributed by atoms with E-state index in [0.717, 1.165) is 25.7 Å². The molecule has 0 heterocycles. The zero-order chi connectivity index (χ0) is 13.7. The van der Waals surface area contributed by atoms with E-state index < -0.39 is 0 Å². The van der Waals surface area contributed by atoms with Crippen LogP contribution in [0.4, 0.5) is 0 Å². The van der Waals surface area contributed by atoms with E-state index in [1.54, 1.807) is 19.2 Å². The van der Waals surface area contributed by atoms with Crippen LogP contribution in [-0.4, -0.2) is 30.8 Å². The van der Waals surface area contributed by atoms with E-state index in [0.29, 0.717) is 17.2 Å². The van der Waals surface area contributed by atoms with Crippen LogP contribution >= 0.6 is 0 Å². The molecule has 4 heteroatoms. The molecule has 1 aromatic carbocycles. The van der Waals surface area contributed by atoms with Gasteiger partial charge in [-0.15, -0.1) is 0 Å². The smallest absolute Gasteiger partial charge is 0.255 e. The van der Waals surface area contributed by atoms with Gasteiger partial charge in [0, 0.05) is 12.6 Å². The number of carbonyl (C=O) groups is 1. The molecular formula is C15H21NO3. The molecule has 2 N–H and O–H groups in total. The van der Waals surface area contributed by atoms with Gasteiger partial charge in [0.2, 0.25) is 0 Å². The lowest BCUT2D eigenvalue weighted by Gasteiger charge is -2.28. The number of para-hydroxylation sites is 1. The normalized spacial score (nSPS) is 22.8. The highest BCUT2D eigenvalue weighted by Crippen LogP contribution is 2.24. The van der Waals surface area contributed by atoms with Crippen molar-refractivity contribution < 1.29 is 14.6 Å². The Bertz CT molecular complexity index is 425. The summed E-state index contributed by atoms with van der Waals surface area (Å²) in [5.41, 5.74) is 0.578. The van der Waals surface area contributed by atoms with Gasteiger partial charge < -0.3 is 15.2 Å². The summed E-state index contributed by atoms with van der Waals surface area (Å²) in [4.78, 5) is 12.2. The second kappa shape index (κ2) is 6.57. The standard InChI is InChI=1S/C15H21NO3/c1-19-14-5-3-2-4-13(14)15(18)16-12-8-6-11(10-17)7-9-12/h2-5,11-12,17H,6-10H2,1H3,(H,16,18). The molecule has 104 valence electrons. The molecule has 1 saturated carbocycles. The Hall–Kier alpha value is -1.55. The van der Waals surface area contributed by atoms with Crippen LogP contribution in [-0.2, 0) is 0 Å². The molecule has 0 aromatic heterocycles. The second-order valence-electron chi connectivity index (χ2n) is 5.07. The molecule has 1 fully saturated rings. The van der Waals surface area contributed by atoms with Crippen LogP contribution in [0.2, 0.25) is 0 Å². The van der Waals surface area contributed by atoms with Crippen molar-refractivity contribution in [3.05, 3.63) is 29.8 Å². The average Bonchev–Trinajstić information content (AvgIpc) is 2.48. The van der Waals surface area contributed by atoms with Crippen LogP contribution in [0.15, 0.2) is 24.3 Å². The third-order valence-corrected chi connectivity index (χ3v) is 3.79. The number of hydrogen-bond donors (Lipinski definition) is 2. The first-order chi connectivity index (χ1) is 9.24. The molecule has 0 bridgehead atoms. The number of carbonyl (C=O) groups excluding carboxylic acids is 1. The molecule has 4 nitrogen and oxygen atoms in total. The van der Waals surface area contributed by atoms with Crippen LogP contribution in [0.1, 0.15) is 36.0 Å². The number of hydrogen-bond acceptors (Lipinski definition) is 3. The SMILES string of the molecule is COc1ccccc1C(=O)NC1CCC(CO)CC1. The molecule has 1 aromatic rings. The number of ether oxygens (including phenoxy) is 1. The van der Waals surface area contributed by atoms with Crippen LogP contribution in [0, 0.1) is 5.92 Å². The summed E-state index contributed by atoms with van der Waals surface area (Å²) >= 11 is 0. The number of rotatable bonds is 4. The summed E-state index contributed by atoms with van der Waals surface area (Å²) in [6.07, 6.45) is 3.83. The number of benzene rings is 1. The number of methoxy groups -OCH3 is 1. The van der Waals surface area contributed by atoms with Gasteiger partial charge in [-0.1, -0.05) is 12.1 Å².